The minimum Gasteiger partial charge on any atom is -0.361 e. The first-order valence-corrected chi connectivity index (χ1v) is 9.82. The maximum Gasteiger partial charge on any atom is 0.245 e. The van der Waals surface area contributed by atoms with Gasteiger partial charge in [-0.1, -0.05) is 31.5 Å². The number of aromatic nitrogens is 1. The Bertz CT molecular complexity index is 747. The van der Waals surface area contributed by atoms with Gasteiger partial charge in [0.1, 0.15) is 6.04 Å². The van der Waals surface area contributed by atoms with Crippen LogP contribution in [0.4, 0.5) is 0 Å². The first kappa shape index (κ1) is 18.5. The number of nitrogens with zero attached hydrogens (tertiary/aromatic N) is 1. The van der Waals surface area contributed by atoms with Crippen LogP contribution < -0.4 is 5.32 Å². The zero-order valence-electron chi connectivity index (χ0n) is 15.6. The number of amides is 2. The van der Waals surface area contributed by atoms with E-state index >= 15 is 0 Å². The predicted molar refractivity (Wildman–Crippen MR) is 104 cm³/mol. The summed E-state index contributed by atoms with van der Waals surface area (Å²) in [5.74, 6) is 0.0295. The third kappa shape index (κ3) is 4.45. The molecule has 140 valence electrons. The van der Waals surface area contributed by atoms with E-state index in [1.807, 2.05) is 29.3 Å². The minimum atomic E-state index is -0.489. The van der Waals surface area contributed by atoms with Crippen LogP contribution in [0.2, 0.25) is 0 Å². The Kier molecular flexibility index (Phi) is 6.31. The molecule has 0 spiro atoms. The molecule has 1 aliphatic rings. The Balaban J connectivity index is 1.77. The van der Waals surface area contributed by atoms with Gasteiger partial charge in [0, 0.05) is 43.0 Å². The lowest BCUT2D eigenvalue weighted by molar-refractivity contribution is -0.137. The van der Waals surface area contributed by atoms with Gasteiger partial charge >= 0.3 is 0 Å². The largest absolute Gasteiger partial charge is 0.361 e. The van der Waals surface area contributed by atoms with Crippen LogP contribution >= 0.6 is 0 Å². The fraction of sp³-hybridized carbons (Fsp3) is 0.524. The van der Waals surface area contributed by atoms with Gasteiger partial charge in [0.05, 0.1) is 0 Å². The number of hydrogen-bond donors (Lipinski definition) is 2. The van der Waals surface area contributed by atoms with Gasteiger partial charge in [-0.15, -0.1) is 0 Å². The number of nitrogens with one attached hydrogen (secondary N) is 2. The van der Waals surface area contributed by atoms with Gasteiger partial charge in [-0.25, -0.2) is 0 Å². The van der Waals surface area contributed by atoms with Crippen LogP contribution in [-0.2, 0) is 16.0 Å². The standard InChI is InChI=1S/C21H29N3O2/c1-2-3-11-20(25)23-19(21(26)24-12-7-4-8-13-24)14-16-15-22-18-10-6-5-9-17(16)18/h5-6,9-10,15,19,22H,2-4,7-8,11-14H2,1H3,(H,23,25)/t19-/m0/s1. The monoisotopic (exact) mass is 355 g/mol. The third-order valence-electron chi connectivity index (χ3n) is 5.16. The number of rotatable bonds is 7. The second-order valence-corrected chi connectivity index (χ2v) is 7.17. The van der Waals surface area contributed by atoms with Crippen LogP contribution in [0.15, 0.2) is 30.5 Å². The van der Waals surface area contributed by atoms with Gasteiger partial charge in [-0.2, -0.15) is 0 Å². The molecular formula is C21H29N3O2. The first-order valence-electron chi connectivity index (χ1n) is 9.82. The molecular weight excluding hydrogens is 326 g/mol. The van der Waals surface area contributed by atoms with Crippen molar-refractivity contribution in [2.24, 2.45) is 0 Å². The number of hydrogen-bond acceptors (Lipinski definition) is 2. The summed E-state index contributed by atoms with van der Waals surface area (Å²) in [4.78, 5) is 30.6. The molecule has 1 atom stereocenters. The van der Waals surface area contributed by atoms with E-state index in [2.05, 4.69) is 23.3 Å². The van der Waals surface area contributed by atoms with E-state index in [0.717, 1.165) is 55.2 Å². The molecule has 1 aromatic carbocycles. The highest BCUT2D eigenvalue weighted by Crippen LogP contribution is 2.20. The van der Waals surface area contributed by atoms with E-state index in [9.17, 15) is 9.59 Å². The molecule has 1 fully saturated rings. The van der Waals surface area contributed by atoms with Crippen molar-refractivity contribution in [1.82, 2.24) is 15.2 Å². The fourth-order valence-electron chi connectivity index (χ4n) is 3.66. The quantitative estimate of drug-likeness (QED) is 0.799. The van der Waals surface area contributed by atoms with E-state index < -0.39 is 6.04 Å². The van der Waals surface area contributed by atoms with Gasteiger partial charge in [0.25, 0.3) is 0 Å². The molecule has 1 aromatic heterocycles. The lowest BCUT2D eigenvalue weighted by atomic mass is 10.0. The van der Waals surface area contributed by atoms with Crippen LogP contribution in [0.5, 0.6) is 0 Å². The highest BCUT2D eigenvalue weighted by Gasteiger charge is 2.27. The van der Waals surface area contributed by atoms with Crippen molar-refractivity contribution >= 4 is 22.7 Å². The molecule has 2 amide bonds. The Morgan fingerprint density at radius 1 is 1.19 bits per heavy atom. The topological polar surface area (TPSA) is 65.2 Å². The molecule has 5 nitrogen and oxygen atoms in total. The smallest absolute Gasteiger partial charge is 0.245 e. The van der Waals surface area contributed by atoms with Crippen LogP contribution in [-0.4, -0.2) is 40.8 Å². The summed E-state index contributed by atoms with van der Waals surface area (Å²) < 4.78 is 0. The third-order valence-corrected chi connectivity index (χ3v) is 5.16. The SMILES string of the molecule is CCCCC(=O)N[C@@H](Cc1c[nH]c2ccccc12)C(=O)N1CCCCC1. The first-order chi connectivity index (χ1) is 12.7. The molecule has 2 aromatic rings. The Labute approximate surface area is 155 Å². The second-order valence-electron chi connectivity index (χ2n) is 7.17. The van der Waals surface area contributed by atoms with Crippen molar-refractivity contribution in [3.63, 3.8) is 0 Å². The molecule has 0 unspecified atom stereocenters. The van der Waals surface area contributed by atoms with E-state index in [1.165, 1.54) is 6.42 Å². The number of piperidine rings is 1. The summed E-state index contributed by atoms with van der Waals surface area (Å²) in [5, 5.41) is 4.13. The summed E-state index contributed by atoms with van der Waals surface area (Å²) in [7, 11) is 0. The number of aromatic amines is 1. The lowest BCUT2D eigenvalue weighted by Crippen LogP contribution is -2.51. The molecule has 3 rings (SSSR count). The molecule has 0 saturated carbocycles. The highest BCUT2D eigenvalue weighted by molar-refractivity contribution is 5.89. The van der Waals surface area contributed by atoms with Crippen molar-refractivity contribution < 1.29 is 9.59 Å². The Morgan fingerprint density at radius 3 is 2.73 bits per heavy atom. The van der Waals surface area contributed by atoms with Gasteiger partial charge in [-0.3, -0.25) is 9.59 Å². The number of para-hydroxylation sites is 1. The zero-order valence-corrected chi connectivity index (χ0v) is 15.6. The zero-order chi connectivity index (χ0) is 18.4. The predicted octanol–water partition coefficient (Wildman–Crippen LogP) is 3.40. The van der Waals surface area contributed by atoms with E-state index in [1.54, 1.807) is 0 Å². The van der Waals surface area contributed by atoms with E-state index in [4.69, 9.17) is 0 Å². The van der Waals surface area contributed by atoms with Crippen LogP contribution in [0, 0.1) is 0 Å². The summed E-state index contributed by atoms with van der Waals surface area (Å²) in [6.45, 7) is 3.66. The van der Waals surface area contributed by atoms with Crippen molar-refractivity contribution in [3.8, 4) is 0 Å². The molecule has 0 radical (unpaired) electrons. The molecule has 5 heteroatoms. The van der Waals surface area contributed by atoms with Crippen LogP contribution in [0.1, 0.15) is 51.0 Å². The van der Waals surface area contributed by atoms with Gasteiger partial charge in [0.15, 0.2) is 0 Å². The summed E-state index contributed by atoms with van der Waals surface area (Å²) in [5.41, 5.74) is 2.13. The molecule has 1 saturated heterocycles. The van der Waals surface area contributed by atoms with Crippen LogP contribution in [0.3, 0.4) is 0 Å². The number of likely N-dealkylation sites (tertiary alicyclic amines) is 1. The maximum atomic E-state index is 13.1. The second kappa shape index (κ2) is 8.88. The number of benzene rings is 1. The number of H-pyrrole nitrogens is 1. The van der Waals surface area contributed by atoms with Crippen molar-refractivity contribution in [3.05, 3.63) is 36.0 Å². The van der Waals surface area contributed by atoms with Gasteiger partial charge < -0.3 is 15.2 Å². The summed E-state index contributed by atoms with van der Waals surface area (Å²) >= 11 is 0. The molecule has 2 N–H and O–H groups in total. The molecule has 0 aliphatic carbocycles. The van der Waals surface area contributed by atoms with Crippen molar-refractivity contribution in [2.75, 3.05) is 13.1 Å². The fourth-order valence-corrected chi connectivity index (χ4v) is 3.66. The molecule has 0 bridgehead atoms. The van der Waals surface area contributed by atoms with Gasteiger partial charge in [-0.05, 0) is 37.3 Å². The minimum absolute atomic E-state index is 0.0259. The average Bonchev–Trinajstić information content (AvgIpc) is 3.09. The lowest BCUT2D eigenvalue weighted by Gasteiger charge is -2.30. The highest BCUT2D eigenvalue weighted by atomic mass is 16.2. The summed E-state index contributed by atoms with van der Waals surface area (Å²) in [6.07, 6.45) is 8.07. The van der Waals surface area contributed by atoms with Gasteiger partial charge in [0.2, 0.25) is 11.8 Å². The number of carbonyl (C=O) groups is 2. The Hall–Kier alpha value is -2.30. The normalized spacial score (nSPS) is 15.8. The number of carbonyl (C=O) groups excluding carboxylic acids is 2. The van der Waals surface area contributed by atoms with E-state index in [0.29, 0.717) is 12.8 Å². The molecule has 26 heavy (non-hydrogen) atoms. The molecule has 2 heterocycles. The maximum absolute atomic E-state index is 13.1. The summed E-state index contributed by atoms with van der Waals surface area (Å²) in [6, 6.07) is 7.59. The molecule has 1 aliphatic heterocycles. The average molecular weight is 355 g/mol. The number of fused-ring (bicyclic) bond motifs is 1. The Morgan fingerprint density at radius 2 is 1.96 bits per heavy atom. The van der Waals surface area contributed by atoms with Crippen molar-refractivity contribution in [1.29, 1.82) is 0 Å². The number of unbranched alkanes of at least 4 members (excludes halogenated alkanes) is 1. The van der Waals surface area contributed by atoms with Crippen molar-refractivity contribution in [2.45, 2.75) is 57.9 Å². The van der Waals surface area contributed by atoms with Crippen LogP contribution in [0.25, 0.3) is 10.9 Å². The van der Waals surface area contributed by atoms with E-state index in [-0.39, 0.29) is 11.8 Å².